The number of nitrogens with zero attached hydrogens (tertiary/aromatic N) is 1. The third kappa shape index (κ3) is 1.20. The lowest BCUT2D eigenvalue weighted by Gasteiger charge is -1.99. The highest BCUT2D eigenvalue weighted by Crippen LogP contribution is 1.97. The van der Waals surface area contributed by atoms with Crippen molar-refractivity contribution in [1.82, 2.24) is 11.1 Å². The molecule has 0 aromatic rings. The second-order valence-corrected chi connectivity index (χ2v) is 1.88. The van der Waals surface area contributed by atoms with E-state index in [9.17, 15) is 0 Å². The molecular formula is C5H10N3. The molecule has 1 aliphatic heterocycles. The third-order valence-corrected chi connectivity index (χ3v) is 1.21. The first-order valence-electron chi connectivity index (χ1n) is 2.83. The Morgan fingerprint density at radius 3 is 3.25 bits per heavy atom. The first-order chi connectivity index (χ1) is 3.93. The van der Waals surface area contributed by atoms with Crippen molar-refractivity contribution in [3.8, 4) is 0 Å². The quantitative estimate of drug-likeness (QED) is 0.522. The van der Waals surface area contributed by atoms with Gasteiger partial charge in [-0.3, -0.25) is 10.7 Å². The number of nitrogens with one attached hydrogen (secondary N) is 2. The van der Waals surface area contributed by atoms with Crippen molar-refractivity contribution in [1.29, 1.82) is 0 Å². The maximum absolute atomic E-state index is 6.87. The molecule has 0 aromatic heterocycles. The van der Waals surface area contributed by atoms with Crippen LogP contribution in [0.15, 0.2) is 4.99 Å². The first kappa shape index (κ1) is 5.56. The Kier molecular flexibility index (Phi) is 1.86. The van der Waals surface area contributed by atoms with Gasteiger partial charge in [0, 0.05) is 13.1 Å². The van der Waals surface area contributed by atoms with Crippen molar-refractivity contribution in [3.05, 3.63) is 0 Å². The predicted molar refractivity (Wildman–Crippen MR) is 32.9 cm³/mol. The van der Waals surface area contributed by atoms with Gasteiger partial charge in [-0.2, -0.15) is 0 Å². The van der Waals surface area contributed by atoms with E-state index in [0.717, 1.165) is 13.0 Å². The Hall–Kier alpha value is -0.570. The van der Waals surface area contributed by atoms with Crippen LogP contribution >= 0.6 is 0 Å². The Morgan fingerprint density at radius 2 is 2.75 bits per heavy atom. The van der Waals surface area contributed by atoms with Crippen LogP contribution in [0.2, 0.25) is 0 Å². The molecule has 0 amide bonds. The van der Waals surface area contributed by atoms with Crippen molar-refractivity contribution < 1.29 is 0 Å². The van der Waals surface area contributed by atoms with Crippen molar-refractivity contribution in [3.63, 3.8) is 0 Å². The summed E-state index contributed by atoms with van der Waals surface area (Å²) >= 11 is 0. The van der Waals surface area contributed by atoms with Gasteiger partial charge in [0.2, 0.25) is 0 Å². The molecule has 1 radical (unpaired) electrons. The maximum atomic E-state index is 6.87. The average Bonchev–Trinajstić information content (AvgIpc) is 2.19. The van der Waals surface area contributed by atoms with Crippen molar-refractivity contribution in [2.24, 2.45) is 4.99 Å². The molecule has 1 aliphatic rings. The van der Waals surface area contributed by atoms with Gasteiger partial charge in [-0.05, 0) is 6.42 Å². The van der Waals surface area contributed by atoms with E-state index in [0.29, 0.717) is 12.6 Å². The molecular weight excluding hydrogens is 102 g/mol. The van der Waals surface area contributed by atoms with E-state index in [-0.39, 0.29) is 0 Å². The molecule has 3 heteroatoms. The maximum Gasteiger partial charge on any atom is 0.0828 e. The average molecular weight is 112 g/mol. The van der Waals surface area contributed by atoms with E-state index in [1.807, 2.05) is 0 Å². The van der Waals surface area contributed by atoms with Gasteiger partial charge >= 0.3 is 0 Å². The number of aliphatic imine (C=N–C) groups is 1. The molecule has 8 heavy (non-hydrogen) atoms. The van der Waals surface area contributed by atoms with Gasteiger partial charge in [0.05, 0.1) is 12.4 Å². The van der Waals surface area contributed by atoms with Gasteiger partial charge in [-0.25, -0.2) is 0 Å². The van der Waals surface area contributed by atoms with Crippen LogP contribution in [0.3, 0.4) is 0 Å². The second-order valence-electron chi connectivity index (χ2n) is 1.88. The second kappa shape index (κ2) is 2.67. The van der Waals surface area contributed by atoms with Crippen LogP contribution in [0.25, 0.3) is 0 Å². The minimum Gasteiger partial charge on any atom is -0.374 e. The molecule has 0 fully saturated rings. The van der Waals surface area contributed by atoms with Crippen LogP contribution < -0.4 is 11.1 Å². The van der Waals surface area contributed by atoms with Crippen LogP contribution in [0.5, 0.6) is 0 Å². The summed E-state index contributed by atoms with van der Waals surface area (Å²) in [6.45, 7) is 1.42. The summed E-state index contributed by atoms with van der Waals surface area (Å²) in [7, 11) is 0. The summed E-state index contributed by atoms with van der Waals surface area (Å²) in [6, 6.07) is 0.382. The van der Waals surface area contributed by atoms with Crippen LogP contribution in [0.4, 0.5) is 0 Å². The fourth-order valence-corrected chi connectivity index (χ4v) is 0.743. The van der Waals surface area contributed by atoms with Gasteiger partial charge in [0.25, 0.3) is 0 Å². The fraction of sp³-hybridized carbons (Fsp3) is 0.800. The highest BCUT2D eigenvalue weighted by Gasteiger charge is 2.06. The Labute approximate surface area is 49.0 Å². The van der Waals surface area contributed by atoms with E-state index in [2.05, 4.69) is 10.3 Å². The summed E-state index contributed by atoms with van der Waals surface area (Å²) in [5.74, 6) is 0. The monoisotopic (exact) mass is 112 g/mol. The molecule has 1 heterocycles. The van der Waals surface area contributed by atoms with Crippen LogP contribution in [-0.4, -0.2) is 25.5 Å². The standard InChI is InChI=1S/C5H10N3/c6-2-1-5-3-7-4-8-5/h4-6H,1-3H2,(H,7,8). The zero-order valence-corrected chi connectivity index (χ0v) is 4.72. The summed E-state index contributed by atoms with van der Waals surface area (Å²) in [5.41, 5.74) is 6.87. The Bertz CT molecular complexity index is 89.7. The third-order valence-electron chi connectivity index (χ3n) is 1.21. The minimum absolute atomic E-state index is 0.382. The van der Waals surface area contributed by atoms with E-state index in [1.54, 1.807) is 6.34 Å². The van der Waals surface area contributed by atoms with Crippen LogP contribution in [-0.2, 0) is 0 Å². The largest absolute Gasteiger partial charge is 0.374 e. The fourth-order valence-electron chi connectivity index (χ4n) is 0.743. The smallest absolute Gasteiger partial charge is 0.0828 e. The van der Waals surface area contributed by atoms with Gasteiger partial charge in [0.1, 0.15) is 0 Å². The SMILES string of the molecule is [NH]CCC1CNC=N1. The minimum atomic E-state index is 0.382. The lowest BCUT2D eigenvalue weighted by molar-refractivity contribution is 0.638. The molecule has 45 valence electrons. The van der Waals surface area contributed by atoms with Crippen molar-refractivity contribution >= 4 is 6.34 Å². The van der Waals surface area contributed by atoms with E-state index < -0.39 is 0 Å². The highest BCUT2D eigenvalue weighted by atomic mass is 15.0. The van der Waals surface area contributed by atoms with Gasteiger partial charge in [-0.1, -0.05) is 0 Å². The normalized spacial score (nSPS) is 25.9. The number of rotatable bonds is 2. The topological polar surface area (TPSA) is 48.2 Å². The zero-order valence-electron chi connectivity index (χ0n) is 4.72. The molecule has 0 saturated carbocycles. The summed E-state index contributed by atoms with van der Waals surface area (Å²) < 4.78 is 0. The molecule has 2 N–H and O–H groups in total. The summed E-state index contributed by atoms with van der Waals surface area (Å²) in [4.78, 5) is 4.07. The molecule has 0 bridgehead atoms. The van der Waals surface area contributed by atoms with E-state index >= 15 is 0 Å². The Morgan fingerprint density at radius 1 is 1.88 bits per heavy atom. The van der Waals surface area contributed by atoms with Crippen molar-refractivity contribution in [2.45, 2.75) is 12.5 Å². The summed E-state index contributed by atoms with van der Waals surface area (Å²) in [5, 5.41) is 2.98. The zero-order chi connectivity index (χ0) is 5.82. The molecule has 0 aromatic carbocycles. The Balaban J connectivity index is 2.16. The van der Waals surface area contributed by atoms with Gasteiger partial charge < -0.3 is 5.32 Å². The molecule has 1 atom stereocenters. The van der Waals surface area contributed by atoms with Crippen molar-refractivity contribution in [2.75, 3.05) is 13.1 Å². The molecule has 0 spiro atoms. The van der Waals surface area contributed by atoms with Gasteiger partial charge in [0.15, 0.2) is 0 Å². The van der Waals surface area contributed by atoms with Crippen LogP contribution in [0.1, 0.15) is 6.42 Å². The molecule has 1 unspecified atom stereocenters. The summed E-state index contributed by atoms with van der Waals surface area (Å²) in [6.07, 6.45) is 2.61. The molecule has 0 aliphatic carbocycles. The number of hydrogen-bond donors (Lipinski definition) is 1. The molecule has 1 rings (SSSR count). The molecule has 0 saturated heterocycles. The lowest BCUT2D eigenvalue weighted by atomic mass is 10.2. The highest BCUT2D eigenvalue weighted by molar-refractivity contribution is 5.56. The molecule has 3 nitrogen and oxygen atoms in total. The van der Waals surface area contributed by atoms with Gasteiger partial charge in [-0.15, -0.1) is 0 Å². The van der Waals surface area contributed by atoms with E-state index in [4.69, 9.17) is 5.73 Å². The van der Waals surface area contributed by atoms with Crippen LogP contribution in [0, 0.1) is 0 Å². The number of hydrogen-bond acceptors (Lipinski definition) is 2. The van der Waals surface area contributed by atoms with E-state index in [1.165, 1.54) is 0 Å². The lowest BCUT2D eigenvalue weighted by Crippen LogP contribution is -2.16. The first-order valence-corrected chi connectivity index (χ1v) is 2.83. The predicted octanol–water partition coefficient (Wildman–Crippen LogP) is -0.341.